The summed E-state index contributed by atoms with van der Waals surface area (Å²) in [5.41, 5.74) is 1.55. The summed E-state index contributed by atoms with van der Waals surface area (Å²) in [6.07, 6.45) is 2.60. The number of hydrogen-bond acceptors (Lipinski definition) is 6. The van der Waals surface area contributed by atoms with Crippen molar-refractivity contribution in [3.05, 3.63) is 54.4 Å². The van der Waals surface area contributed by atoms with Crippen LogP contribution in [0, 0.1) is 0 Å². The van der Waals surface area contributed by atoms with E-state index in [9.17, 15) is 13.5 Å². The highest BCUT2D eigenvalue weighted by Gasteiger charge is 2.13. The summed E-state index contributed by atoms with van der Waals surface area (Å²) in [5.74, 6) is 0.731. The third kappa shape index (κ3) is 3.30. The summed E-state index contributed by atoms with van der Waals surface area (Å²) in [5, 5.41) is 13.5. The maximum atomic E-state index is 11.8. The minimum absolute atomic E-state index is 0.128. The number of hydrogen-bond donors (Lipinski definition) is 2. The monoisotopic (exact) mass is 343 g/mol. The van der Waals surface area contributed by atoms with Crippen LogP contribution in [0.2, 0.25) is 0 Å². The van der Waals surface area contributed by atoms with Crippen LogP contribution in [0.1, 0.15) is 18.5 Å². The molecule has 0 bridgehead atoms. The van der Waals surface area contributed by atoms with E-state index >= 15 is 0 Å². The van der Waals surface area contributed by atoms with E-state index in [4.69, 9.17) is 0 Å². The lowest BCUT2D eigenvalue weighted by molar-refractivity contribution is 0.474. The van der Waals surface area contributed by atoms with Gasteiger partial charge in [0.25, 0.3) is 0 Å². The SMILES string of the molecule is CC(Nc1ncnc2ccc(S(C)(=O)=O)cc12)c1cccc(O)c1. The van der Waals surface area contributed by atoms with E-state index in [0.29, 0.717) is 16.7 Å². The number of nitrogens with one attached hydrogen (secondary N) is 1. The molecule has 1 heterocycles. The van der Waals surface area contributed by atoms with Crippen LogP contribution in [-0.4, -0.2) is 29.7 Å². The first-order valence-electron chi connectivity index (χ1n) is 7.35. The third-order valence-corrected chi connectivity index (χ3v) is 4.87. The molecule has 7 heteroatoms. The Balaban J connectivity index is 2.02. The van der Waals surface area contributed by atoms with E-state index in [1.807, 2.05) is 13.0 Å². The zero-order valence-corrected chi connectivity index (χ0v) is 14.1. The molecule has 1 atom stereocenters. The van der Waals surface area contributed by atoms with E-state index < -0.39 is 9.84 Å². The third-order valence-electron chi connectivity index (χ3n) is 3.76. The quantitative estimate of drug-likeness (QED) is 0.757. The van der Waals surface area contributed by atoms with Gasteiger partial charge in [-0.3, -0.25) is 0 Å². The van der Waals surface area contributed by atoms with Crippen molar-refractivity contribution in [2.45, 2.75) is 17.9 Å². The van der Waals surface area contributed by atoms with Gasteiger partial charge in [0.1, 0.15) is 17.9 Å². The van der Waals surface area contributed by atoms with Crippen molar-refractivity contribution in [1.82, 2.24) is 9.97 Å². The fourth-order valence-corrected chi connectivity index (χ4v) is 3.11. The van der Waals surface area contributed by atoms with Gasteiger partial charge in [-0.25, -0.2) is 18.4 Å². The lowest BCUT2D eigenvalue weighted by Gasteiger charge is -2.16. The van der Waals surface area contributed by atoms with Gasteiger partial charge in [-0.05, 0) is 42.8 Å². The van der Waals surface area contributed by atoms with Crippen molar-refractivity contribution in [3.63, 3.8) is 0 Å². The van der Waals surface area contributed by atoms with Gasteiger partial charge in [0.2, 0.25) is 0 Å². The summed E-state index contributed by atoms with van der Waals surface area (Å²) in [6, 6.07) is 11.6. The van der Waals surface area contributed by atoms with Crippen LogP contribution in [0.5, 0.6) is 5.75 Å². The van der Waals surface area contributed by atoms with Crippen molar-refractivity contribution in [2.75, 3.05) is 11.6 Å². The van der Waals surface area contributed by atoms with E-state index in [1.54, 1.807) is 30.3 Å². The Morgan fingerprint density at radius 1 is 1.12 bits per heavy atom. The van der Waals surface area contributed by atoms with E-state index in [-0.39, 0.29) is 16.7 Å². The topological polar surface area (TPSA) is 92.2 Å². The normalized spacial score (nSPS) is 12.9. The second-order valence-corrected chi connectivity index (χ2v) is 7.65. The number of anilines is 1. The lowest BCUT2D eigenvalue weighted by Crippen LogP contribution is -2.09. The molecule has 0 radical (unpaired) electrons. The van der Waals surface area contributed by atoms with Gasteiger partial charge < -0.3 is 10.4 Å². The van der Waals surface area contributed by atoms with Crippen LogP contribution in [0.25, 0.3) is 10.9 Å². The summed E-state index contributed by atoms with van der Waals surface area (Å²) < 4.78 is 23.6. The van der Waals surface area contributed by atoms with Crippen molar-refractivity contribution >= 4 is 26.6 Å². The molecule has 0 aliphatic carbocycles. The zero-order chi connectivity index (χ0) is 17.3. The first kappa shape index (κ1) is 16.2. The highest BCUT2D eigenvalue weighted by atomic mass is 32.2. The van der Waals surface area contributed by atoms with Gasteiger partial charge in [0.15, 0.2) is 9.84 Å². The second kappa shape index (κ2) is 6.09. The van der Waals surface area contributed by atoms with E-state index in [0.717, 1.165) is 5.56 Å². The molecular formula is C17H17N3O3S. The number of aromatic nitrogens is 2. The van der Waals surface area contributed by atoms with Crippen LogP contribution in [0.4, 0.5) is 5.82 Å². The van der Waals surface area contributed by atoms with Crippen LogP contribution in [-0.2, 0) is 9.84 Å². The predicted octanol–water partition coefficient (Wildman–Crippen LogP) is 2.91. The van der Waals surface area contributed by atoms with Gasteiger partial charge >= 0.3 is 0 Å². The molecule has 0 spiro atoms. The Hall–Kier alpha value is -2.67. The summed E-state index contributed by atoms with van der Waals surface area (Å²) >= 11 is 0. The molecule has 1 unspecified atom stereocenters. The minimum atomic E-state index is -3.31. The number of nitrogens with zero attached hydrogens (tertiary/aromatic N) is 2. The number of aromatic hydroxyl groups is 1. The van der Waals surface area contributed by atoms with E-state index in [2.05, 4.69) is 15.3 Å². The molecule has 2 aromatic carbocycles. The minimum Gasteiger partial charge on any atom is -0.508 e. The fraction of sp³-hybridized carbons (Fsp3) is 0.176. The number of rotatable bonds is 4. The molecule has 1 aromatic heterocycles. The molecule has 3 rings (SSSR count). The Morgan fingerprint density at radius 3 is 2.62 bits per heavy atom. The van der Waals surface area contributed by atoms with Gasteiger partial charge in [-0.1, -0.05) is 12.1 Å². The summed E-state index contributed by atoms with van der Waals surface area (Å²) in [7, 11) is -3.31. The predicted molar refractivity (Wildman–Crippen MR) is 92.8 cm³/mol. The molecule has 0 aliphatic heterocycles. The Kier molecular flexibility index (Phi) is 4.11. The zero-order valence-electron chi connectivity index (χ0n) is 13.3. The first-order valence-corrected chi connectivity index (χ1v) is 9.24. The average Bonchev–Trinajstić information content (AvgIpc) is 2.54. The molecular weight excluding hydrogens is 326 g/mol. The summed E-state index contributed by atoms with van der Waals surface area (Å²) in [4.78, 5) is 8.63. The largest absolute Gasteiger partial charge is 0.508 e. The van der Waals surface area contributed by atoms with Crippen molar-refractivity contribution in [3.8, 4) is 5.75 Å². The van der Waals surface area contributed by atoms with Crippen LogP contribution in [0.15, 0.2) is 53.7 Å². The molecule has 6 nitrogen and oxygen atoms in total. The molecule has 0 fully saturated rings. The molecule has 24 heavy (non-hydrogen) atoms. The van der Waals surface area contributed by atoms with Crippen LogP contribution < -0.4 is 5.32 Å². The first-order chi connectivity index (χ1) is 11.3. The van der Waals surface area contributed by atoms with Gasteiger partial charge in [-0.15, -0.1) is 0 Å². The van der Waals surface area contributed by atoms with Crippen molar-refractivity contribution in [1.29, 1.82) is 0 Å². The van der Waals surface area contributed by atoms with Crippen LogP contribution >= 0.6 is 0 Å². The smallest absolute Gasteiger partial charge is 0.175 e. The molecule has 2 N–H and O–H groups in total. The van der Waals surface area contributed by atoms with Gasteiger partial charge in [0.05, 0.1) is 16.5 Å². The molecule has 0 saturated heterocycles. The van der Waals surface area contributed by atoms with Crippen molar-refractivity contribution in [2.24, 2.45) is 0 Å². The van der Waals surface area contributed by atoms with E-state index in [1.165, 1.54) is 18.6 Å². The lowest BCUT2D eigenvalue weighted by atomic mass is 10.1. The van der Waals surface area contributed by atoms with Crippen LogP contribution in [0.3, 0.4) is 0 Å². The number of sulfone groups is 1. The molecule has 124 valence electrons. The Morgan fingerprint density at radius 2 is 1.92 bits per heavy atom. The summed E-state index contributed by atoms with van der Waals surface area (Å²) in [6.45, 7) is 1.93. The average molecular weight is 343 g/mol. The number of fused-ring (bicyclic) bond motifs is 1. The Labute approximate surface area is 140 Å². The molecule has 0 amide bonds. The number of phenols is 1. The molecule has 0 aliphatic rings. The Bertz CT molecular complexity index is 1000. The highest BCUT2D eigenvalue weighted by Crippen LogP contribution is 2.27. The number of benzene rings is 2. The van der Waals surface area contributed by atoms with Gasteiger partial charge in [-0.2, -0.15) is 0 Å². The second-order valence-electron chi connectivity index (χ2n) is 5.63. The number of phenolic OH excluding ortho intramolecular Hbond substituents is 1. The highest BCUT2D eigenvalue weighted by molar-refractivity contribution is 7.90. The van der Waals surface area contributed by atoms with Gasteiger partial charge in [0, 0.05) is 11.6 Å². The standard InChI is InChI=1S/C17H17N3O3S/c1-11(12-4-3-5-13(21)8-12)20-17-15-9-14(24(2,22)23)6-7-16(15)18-10-19-17/h3-11,21H,1-2H3,(H,18,19,20). The van der Waals surface area contributed by atoms with Crippen molar-refractivity contribution < 1.29 is 13.5 Å². The molecule has 3 aromatic rings. The molecule has 0 saturated carbocycles. The maximum absolute atomic E-state index is 11.8. The maximum Gasteiger partial charge on any atom is 0.175 e. The fourth-order valence-electron chi connectivity index (χ4n) is 2.46.